The van der Waals surface area contributed by atoms with Crippen molar-refractivity contribution < 1.29 is 22.4 Å². The number of rotatable bonds is 10. The molecule has 1 aliphatic carbocycles. The van der Waals surface area contributed by atoms with Gasteiger partial charge in [-0.3, -0.25) is 13.9 Å². The molecule has 0 spiro atoms. The third kappa shape index (κ3) is 7.69. The lowest BCUT2D eigenvalue weighted by atomic mass is 9.95. The molecule has 1 atom stereocenters. The van der Waals surface area contributed by atoms with E-state index in [4.69, 9.17) is 11.6 Å². The zero-order valence-electron chi connectivity index (χ0n) is 24.1. The molecule has 224 valence electrons. The number of hydrogen-bond donors (Lipinski definition) is 1. The summed E-state index contributed by atoms with van der Waals surface area (Å²) in [4.78, 5) is 28.8. The SMILES string of the molecule is Cc1ccc(S(=O)(=O)N(CC(=O)N(Cc2ccc(F)cc2)C(C)C(=O)NC2CCCCC2)c2ccc(C)c(Cl)c2)cc1. The Balaban J connectivity index is 1.69. The number of nitrogens with zero attached hydrogens (tertiary/aromatic N) is 2. The summed E-state index contributed by atoms with van der Waals surface area (Å²) >= 11 is 6.38. The number of halogens is 2. The van der Waals surface area contributed by atoms with Gasteiger partial charge in [0.1, 0.15) is 18.4 Å². The van der Waals surface area contributed by atoms with Crippen molar-refractivity contribution >= 4 is 39.1 Å². The highest BCUT2D eigenvalue weighted by molar-refractivity contribution is 7.92. The van der Waals surface area contributed by atoms with Crippen molar-refractivity contribution in [3.63, 3.8) is 0 Å². The van der Waals surface area contributed by atoms with Gasteiger partial charge in [-0.05, 0) is 81.1 Å². The lowest BCUT2D eigenvalue weighted by molar-refractivity contribution is -0.139. The van der Waals surface area contributed by atoms with Crippen LogP contribution in [0.1, 0.15) is 55.7 Å². The number of benzene rings is 3. The van der Waals surface area contributed by atoms with E-state index in [-0.39, 0.29) is 29.1 Å². The van der Waals surface area contributed by atoms with Crippen LogP contribution in [0.15, 0.2) is 71.6 Å². The second-order valence-corrected chi connectivity index (χ2v) is 13.2. The van der Waals surface area contributed by atoms with Gasteiger partial charge in [0.15, 0.2) is 0 Å². The number of sulfonamides is 1. The second-order valence-electron chi connectivity index (χ2n) is 10.9. The van der Waals surface area contributed by atoms with Crippen LogP contribution in [-0.2, 0) is 26.2 Å². The van der Waals surface area contributed by atoms with Crippen LogP contribution in [0.2, 0.25) is 5.02 Å². The molecular formula is C32H37ClFN3O4S. The van der Waals surface area contributed by atoms with Gasteiger partial charge in [0.05, 0.1) is 10.6 Å². The zero-order chi connectivity index (χ0) is 30.4. The molecule has 1 unspecified atom stereocenters. The van der Waals surface area contributed by atoms with Gasteiger partial charge in [0.25, 0.3) is 10.0 Å². The van der Waals surface area contributed by atoms with E-state index in [1.165, 1.54) is 35.2 Å². The van der Waals surface area contributed by atoms with Crippen molar-refractivity contribution in [2.75, 3.05) is 10.8 Å². The predicted octanol–water partition coefficient (Wildman–Crippen LogP) is 6.16. The van der Waals surface area contributed by atoms with Gasteiger partial charge in [0, 0.05) is 17.6 Å². The molecule has 1 saturated carbocycles. The van der Waals surface area contributed by atoms with Crippen LogP contribution < -0.4 is 9.62 Å². The van der Waals surface area contributed by atoms with E-state index in [0.29, 0.717) is 10.6 Å². The summed E-state index contributed by atoms with van der Waals surface area (Å²) in [5, 5.41) is 3.42. The first-order chi connectivity index (χ1) is 20.0. The minimum Gasteiger partial charge on any atom is -0.352 e. The Labute approximate surface area is 252 Å². The van der Waals surface area contributed by atoms with Crippen molar-refractivity contribution in [1.29, 1.82) is 0 Å². The molecule has 42 heavy (non-hydrogen) atoms. The summed E-state index contributed by atoms with van der Waals surface area (Å²) in [7, 11) is -4.20. The quantitative estimate of drug-likeness (QED) is 0.297. The molecule has 0 bridgehead atoms. The lowest BCUT2D eigenvalue weighted by Crippen LogP contribution is -2.53. The van der Waals surface area contributed by atoms with E-state index in [2.05, 4.69) is 5.32 Å². The molecule has 1 fully saturated rings. The van der Waals surface area contributed by atoms with E-state index in [9.17, 15) is 22.4 Å². The highest BCUT2D eigenvalue weighted by Crippen LogP contribution is 2.29. The number of nitrogens with one attached hydrogen (secondary N) is 1. The molecule has 0 aromatic heterocycles. The van der Waals surface area contributed by atoms with Gasteiger partial charge in [-0.25, -0.2) is 12.8 Å². The summed E-state index contributed by atoms with van der Waals surface area (Å²) in [6, 6.07) is 16.0. The van der Waals surface area contributed by atoms with Gasteiger partial charge in [-0.15, -0.1) is 0 Å². The fraction of sp³-hybridized carbons (Fsp3) is 0.375. The van der Waals surface area contributed by atoms with Gasteiger partial charge >= 0.3 is 0 Å². The van der Waals surface area contributed by atoms with Gasteiger partial charge in [-0.1, -0.05) is 66.8 Å². The molecule has 2 amide bonds. The van der Waals surface area contributed by atoms with E-state index >= 15 is 0 Å². The molecule has 4 rings (SSSR count). The molecule has 3 aromatic rings. The topological polar surface area (TPSA) is 86.8 Å². The van der Waals surface area contributed by atoms with E-state index in [0.717, 1.165) is 47.5 Å². The summed E-state index contributed by atoms with van der Waals surface area (Å²) < 4.78 is 42.6. The van der Waals surface area contributed by atoms with E-state index < -0.39 is 34.3 Å². The van der Waals surface area contributed by atoms with Crippen LogP contribution in [0.25, 0.3) is 0 Å². The first-order valence-corrected chi connectivity index (χ1v) is 16.0. The van der Waals surface area contributed by atoms with Gasteiger partial charge < -0.3 is 10.2 Å². The maximum absolute atomic E-state index is 14.1. The first-order valence-electron chi connectivity index (χ1n) is 14.2. The van der Waals surface area contributed by atoms with Crippen LogP contribution >= 0.6 is 11.6 Å². The third-order valence-electron chi connectivity index (χ3n) is 7.72. The van der Waals surface area contributed by atoms with Crippen LogP contribution in [0, 0.1) is 19.7 Å². The van der Waals surface area contributed by atoms with Crippen LogP contribution in [-0.4, -0.2) is 43.8 Å². The molecule has 0 heterocycles. The van der Waals surface area contributed by atoms with Crippen molar-refractivity contribution in [3.05, 3.63) is 94.3 Å². The summed E-state index contributed by atoms with van der Waals surface area (Å²) in [6.07, 6.45) is 4.94. The lowest BCUT2D eigenvalue weighted by Gasteiger charge is -2.33. The molecule has 10 heteroatoms. The maximum atomic E-state index is 14.1. The molecule has 0 saturated heterocycles. The molecule has 1 N–H and O–H groups in total. The van der Waals surface area contributed by atoms with Crippen LogP contribution in [0.5, 0.6) is 0 Å². The van der Waals surface area contributed by atoms with Crippen LogP contribution in [0.3, 0.4) is 0 Å². The Kier molecular flexibility index (Phi) is 10.3. The van der Waals surface area contributed by atoms with Crippen LogP contribution in [0.4, 0.5) is 10.1 Å². The van der Waals surface area contributed by atoms with Crippen molar-refractivity contribution in [1.82, 2.24) is 10.2 Å². The highest BCUT2D eigenvalue weighted by Gasteiger charge is 2.33. The fourth-order valence-corrected chi connectivity index (χ4v) is 6.62. The summed E-state index contributed by atoms with van der Waals surface area (Å²) in [5.74, 6) is -1.33. The number of amides is 2. The Morgan fingerprint density at radius 3 is 2.24 bits per heavy atom. The number of carbonyl (C=O) groups is 2. The summed E-state index contributed by atoms with van der Waals surface area (Å²) in [6.45, 7) is 4.70. The fourth-order valence-electron chi connectivity index (χ4n) is 5.04. The smallest absolute Gasteiger partial charge is 0.264 e. The number of anilines is 1. The van der Waals surface area contributed by atoms with Gasteiger partial charge in [0.2, 0.25) is 11.8 Å². The van der Waals surface area contributed by atoms with Crippen molar-refractivity contribution in [2.45, 2.75) is 76.4 Å². The minimum absolute atomic E-state index is 0.00849. The third-order valence-corrected chi connectivity index (χ3v) is 9.91. The Bertz CT molecular complexity index is 1510. The maximum Gasteiger partial charge on any atom is 0.264 e. The average molecular weight is 614 g/mol. The molecule has 3 aromatic carbocycles. The molecule has 0 radical (unpaired) electrons. The number of carbonyl (C=O) groups excluding carboxylic acids is 2. The molecular weight excluding hydrogens is 577 g/mol. The number of hydrogen-bond acceptors (Lipinski definition) is 4. The largest absolute Gasteiger partial charge is 0.352 e. The average Bonchev–Trinajstić information content (AvgIpc) is 2.97. The van der Waals surface area contributed by atoms with E-state index in [1.54, 1.807) is 50.2 Å². The summed E-state index contributed by atoms with van der Waals surface area (Å²) in [5.41, 5.74) is 2.47. The van der Waals surface area contributed by atoms with Crippen molar-refractivity contribution in [2.24, 2.45) is 0 Å². The Hall–Kier alpha value is -3.43. The highest BCUT2D eigenvalue weighted by atomic mass is 35.5. The van der Waals surface area contributed by atoms with E-state index in [1.807, 2.05) is 6.92 Å². The molecule has 1 aliphatic rings. The zero-order valence-corrected chi connectivity index (χ0v) is 25.7. The van der Waals surface area contributed by atoms with Gasteiger partial charge in [-0.2, -0.15) is 0 Å². The molecule has 7 nitrogen and oxygen atoms in total. The Morgan fingerprint density at radius 1 is 0.976 bits per heavy atom. The molecule has 0 aliphatic heterocycles. The Morgan fingerprint density at radius 2 is 1.62 bits per heavy atom. The number of aryl methyl sites for hydroxylation is 2. The monoisotopic (exact) mass is 613 g/mol. The minimum atomic E-state index is -4.20. The standard InChI is InChI=1S/C32H37ClFN3O4S/c1-22-9-17-29(18-10-22)42(40,41)37(28-16-11-23(2)30(33)19-28)21-31(38)36(20-25-12-14-26(34)15-13-25)24(3)32(39)35-27-7-5-4-6-8-27/h9-19,24,27H,4-8,20-21H2,1-3H3,(H,35,39). The van der Waals surface area contributed by atoms with Crippen molar-refractivity contribution in [3.8, 4) is 0 Å². The predicted molar refractivity (Wildman–Crippen MR) is 163 cm³/mol. The first kappa shape index (κ1) is 31.5. The normalized spacial score (nSPS) is 14.7. The second kappa shape index (κ2) is 13.7.